The third kappa shape index (κ3) is 4.02. The van der Waals surface area contributed by atoms with Crippen molar-refractivity contribution >= 4 is 49.8 Å². The molecule has 0 saturated carbocycles. The highest BCUT2D eigenvalue weighted by atomic mass is 16.5. The second-order valence-corrected chi connectivity index (χ2v) is 12.7. The summed E-state index contributed by atoms with van der Waals surface area (Å²) in [6, 6.07) is 39.6. The molecule has 0 N–H and O–H groups in total. The number of nitrogens with zero attached hydrogens (tertiary/aromatic N) is 6. The van der Waals surface area contributed by atoms with Gasteiger partial charge in [-0.2, -0.15) is 4.98 Å². The summed E-state index contributed by atoms with van der Waals surface area (Å²) in [7, 11) is 0. The SMILES string of the molecule is CC(C)(C)c1ccnc(-n2c3ccccc3c3ccc(Oc4cccc(-n5c6ccccc6n6c7cccnc7nc56)c4)cc32)c1. The molecule has 5 heterocycles. The second-order valence-electron chi connectivity index (χ2n) is 12.7. The van der Waals surface area contributed by atoms with E-state index < -0.39 is 0 Å². The van der Waals surface area contributed by atoms with Gasteiger partial charge in [-0.15, -0.1) is 0 Å². The van der Waals surface area contributed by atoms with Crippen molar-refractivity contribution in [2.75, 3.05) is 0 Å². The van der Waals surface area contributed by atoms with Crippen LogP contribution in [0.4, 0.5) is 0 Å². The van der Waals surface area contributed by atoms with Crippen LogP contribution >= 0.6 is 0 Å². The number of hydrogen-bond acceptors (Lipinski definition) is 4. The van der Waals surface area contributed by atoms with Gasteiger partial charge in [0.25, 0.3) is 0 Å². The Labute approximate surface area is 265 Å². The van der Waals surface area contributed by atoms with E-state index in [1.807, 2.05) is 30.5 Å². The first-order valence-electron chi connectivity index (χ1n) is 15.5. The summed E-state index contributed by atoms with van der Waals surface area (Å²) in [6.07, 6.45) is 3.69. The van der Waals surface area contributed by atoms with Crippen molar-refractivity contribution in [2.24, 2.45) is 0 Å². The highest BCUT2D eigenvalue weighted by Crippen LogP contribution is 2.36. The van der Waals surface area contributed by atoms with Crippen LogP contribution in [0.5, 0.6) is 11.5 Å². The molecular formula is C39H30N6O. The fourth-order valence-electron chi connectivity index (χ4n) is 6.58. The van der Waals surface area contributed by atoms with Gasteiger partial charge in [0.1, 0.15) is 17.3 Å². The number of pyridine rings is 2. The molecule has 222 valence electrons. The van der Waals surface area contributed by atoms with Crippen LogP contribution in [0, 0.1) is 0 Å². The lowest BCUT2D eigenvalue weighted by Crippen LogP contribution is -2.12. The lowest BCUT2D eigenvalue weighted by Gasteiger charge is -2.20. The number of rotatable bonds is 4. The molecule has 0 aliphatic carbocycles. The zero-order valence-corrected chi connectivity index (χ0v) is 25.7. The van der Waals surface area contributed by atoms with Crippen LogP contribution in [0.15, 0.2) is 128 Å². The van der Waals surface area contributed by atoms with Crippen molar-refractivity contribution in [3.05, 3.63) is 133 Å². The normalized spacial score (nSPS) is 12.2. The fraction of sp³-hybridized carbons (Fsp3) is 0.103. The Morgan fingerprint density at radius 3 is 2.20 bits per heavy atom. The van der Waals surface area contributed by atoms with E-state index in [9.17, 15) is 0 Å². The summed E-state index contributed by atoms with van der Waals surface area (Å²) in [6.45, 7) is 6.68. The Balaban J connectivity index is 1.17. The van der Waals surface area contributed by atoms with E-state index in [-0.39, 0.29) is 5.41 Å². The Bertz CT molecular complexity index is 2620. The number of para-hydroxylation sites is 3. The molecule has 0 amide bonds. The van der Waals surface area contributed by atoms with E-state index in [1.165, 1.54) is 10.9 Å². The van der Waals surface area contributed by atoms with Crippen LogP contribution in [0.25, 0.3) is 61.3 Å². The maximum atomic E-state index is 6.59. The van der Waals surface area contributed by atoms with Crippen molar-refractivity contribution in [2.45, 2.75) is 26.2 Å². The van der Waals surface area contributed by atoms with Crippen molar-refractivity contribution < 1.29 is 4.74 Å². The van der Waals surface area contributed by atoms with Crippen LogP contribution in [-0.2, 0) is 5.41 Å². The Hall–Kier alpha value is -5.95. The van der Waals surface area contributed by atoms with Gasteiger partial charge in [0.15, 0.2) is 5.65 Å². The zero-order chi connectivity index (χ0) is 31.0. The lowest BCUT2D eigenvalue weighted by molar-refractivity contribution is 0.483. The first-order chi connectivity index (χ1) is 22.4. The van der Waals surface area contributed by atoms with E-state index in [0.29, 0.717) is 0 Å². The average molecular weight is 599 g/mol. The van der Waals surface area contributed by atoms with Crippen molar-refractivity contribution in [3.8, 4) is 23.0 Å². The number of imidazole rings is 2. The zero-order valence-electron chi connectivity index (χ0n) is 25.7. The van der Waals surface area contributed by atoms with Crippen LogP contribution in [0.2, 0.25) is 0 Å². The van der Waals surface area contributed by atoms with E-state index in [0.717, 1.165) is 67.4 Å². The molecule has 0 bridgehead atoms. The molecule has 0 unspecified atom stereocenters. The largest absolute Gasteiger partial charge is 0.457 e. The maximum Gasteiger partial charge on any atom is 0.222 e. The topological polar surface area (TPSA) is 62.2 Å². The van der Waals surface area contributed by atoms with Crippen molar-refractivity contribution in [3.63, 3.8) is 0 Å². The Morgan fingerprint density at radius 1 is 0.565 bits per heavy atom. The second kappa shape index (κ2) is 9.78. The van der Waals surface area contributed by atoms with Gasteiger partial charge in [-0.1, -0.05) is 57.2 Å². The maximum absolute atomic E-state index is 6.59. The molecule has 5 aromatic heterocycles. The predicted octanol–water partition coefficient (Wildman–Crippen LogP) is 9.41. The van der Waals surface area contributed by atoms with E-state index in [2.05, 4.69) is 130 Å². The number of aromatic nitrogens is 6. The smallest absolute Gasteiger partial charge is 0.222 e. The monoisotopic (exact) mass is 598 g/mol. The summed E-state index contributed by atoms with van der Waals surface area (Å²) in [5.41, 5.74) is 8.18. The molecule has 46 heavy (non-hydrogen) atoms. The molecule has 0 aliphatic heterocycles. The third-order valence-electron chi connectivity index (χ3n) is 8.77. The van der Waals surface area contributed by atoms with Gasteiger partial charge in [-0.05, 0) is 77.7 Å². The molecule has 0 saturated heterocycles. The highest BCUT2D eigenvalue weighted by molar-refractivity contribution is 6.09. The summed E-state index contributed by atoms with van der Waals surface area (Å²) in [5.74, 6) is 3.18. The summed E-state index contributed by atoms with van der Waals surface area (Å²) < 4.78 is 13.2. The summed E-state index contributed by atoms with van der Waals surface area (Å²) >= 11 is 0. The van der Waals surface area contributed by atoms with E-state index >= 15 is 0 Å². The fourth-order valence-corrected chi connectivity index (χ4v) is 6.58. The minimum atomic E-state index is 0.00594. The third-order valence-corrected chi connectivity index (χ3v) is 8.77. The first kappa shape index (κ1) is 26.5. The van der Waals surface area contributed by atoms with Crippen molar-refractivity contribution in [1.82, 2.24) is 28.5 Å². The Kier molecular flexibility index (Phi) is 5.62. The molecule has 0 fully saturated rings. The summed E-state index contributed by atoms with van der Waals surface area (Å²) in [4.78, 5) is 14.3. The number of hydrogen-bond donors (Lipinski definition) is 0. The molecule has 0 spiro atoms. The Morgan fingerprint density at radius 2 is 1.33 bits per heavy atom. The number of benzene rings is 4. The van der Waals surface area contributed by atoms with Gasteiger partial charge in [0, 0.05) is 35.3 Å². The van der Waals surface area contributed by atoms with Gasteiger partial charge < -0.3 is 4.74 Å². The molecule has 0 aliphatic rings. The molecule has 9 rings (SSSR count). The molecule has 0 radical (unpaired) electrons. The molecule has 7 nitrogen and oxygen atoms in total. The lowest BCUT2D eigenvalue weighted by atomic mass is 9.88. The van der Waals surface area contributed by atoms with Gasteiger partial charge in [0.05, 0.1) is 33.3 Å². The van der Waals surface area contributed by atoms with Crippen LogP contribution in [0.1, 0.15) is 26.3 Å². The molecule has 0 atom stereocenters. The average Bonchev–Trinajstić information content (AvgIpc) is 3.71. The minimum absolute atomic E-state index is 0.00594. The van der Waals surface area contributed by atoms with Crippen LogP contribution < -0.4 is 4.74 Å². The first-order valence-corrected chi connectivity index (χ1v) is 15.5. The predicted molar refractivity (Wildman–Crippen MR) is 185 cm³/mol. The highest BCUT2D eigenvalue weighted by Gasteiger charge is 2.20. The van der Waals surface area contributed by atoms with E-state index in [1.54, 1.807) is 6.20 Å². The van der Waals surface area contributed by atoms with Crippen LogP contribution in [-0.4, -0.2) is 28.5 Å². The molecule has 4 aromatic carbocycles. The van der Waals surface area contributed by atoms with E-state index in [4.69, 9.17) is 14.7 Å². The number of ether oxygens (including phenoxy) is 1. The summed E-state index contributed by atoms with van der Waals surface area (Å²) in [5, 5.41) is 2.33. The standard InChI is InChI=1S/C39H30N6O/c1-39(2,3)25-19-21-40-36(22-25)44-31-13-5-4-12-29(31)30-18-17-28(24-35(30)44)46-27-11-8-10-26(23-27)43-32-14-6-7-15-33(32)45-34-16-9-20-41-37(34)42-38(43)45/h4-24H,1-3H3. The van der Waals surface area contributed by atoms with Crippen LogP contribution in [0.3, 0.4) is 0 Å². The molecule has 9 aromatic rings. The quantitative estimate of drug-likeness (QED) is 0.202. The number of fused-ring (bicyclic) bond motifs is 8. The molecule has 7 heteroatoms. The van der Waals surface area contributed by atoms with Gasteiger partial charge >= 0.3 is 0 Å². The van der Waals surface area contributed by atoms with Gasteiger partial charge in [0.2, 0.25) is 5.78 Å². The minimum Gasteiger partial charge on any atom is -0.457 e. The molecular weight excluding hydrogens is 568 g/mol. The van der Waals surface area contributed by atoms with Crippen molar-refractivity contribution in [1.29, 1.82) is 0 Å². The van der Waals surface area contributed by atoms with Gasteiger partial charge in [-0.3, -0.25) is 13.5 Å². The van der Waals surface area contributed by atoms with Gasteiger partial charge in [-0.25, -0.2) is 9.97 Å².